The molecule has 0 aliphatic heterocycles. The maximum Gasteiger partial charge on any atom is 0.359 e. The Morgan fingerprint density at radius 1 is 0.900 bits per heavy atom. The Balaban J connectivity index is 0. The third kappa shape index (κ3) is 9.04. The molecule has 30 heavy (non-hydrogen) atoms. The van der Waals surface area contributed by atoms with Crippen molar-refractivity contribution in [3.8, 4) is 0 Å². The van der Waals surface area contributed by atoms with Gasteiger partial charge in [-0.1, -0.05) is 0 Å². The van der Waals surface area contributed by atoms with Crippen LogP contribution in [0.3, 0.4) is 0 Å². The highest BCUT2D eigenvalue weighted by molar-refractivity contribution is 7.52. The first-order chi connectivity index (χ1) is 13.2. The molecule has 0 aromatic rings. The van der Waals surface area contributed by atoms with Gasteiger partial charge < -0.3 is 44.5 Å². The van der Waals surface area contributed by atoms with E-state index in [0.29, 0.717) is 4.48 Å². The Labute approximate surface area is 172 Å². The van der Waals surface area contributed by atoms with Gasteiger partial charge >= 0.3 is 19.5 Å². The fourth-order valence-electron chi connectivity index (χ4n) is 1.49. The van der Waals surface area contributed by atoms with Crippen LogP contribution in [0, 0.1) is 0 Å². The highest BCUT2D eigenvalue weighted by Gasteiger charge is 2.49. The third-order valence-corrected chi connectivity index (χ3v) is 4.52. The lowest BCUT2D eigenvalue weighted by molar-refractivity contribution is -0.872. The van der Waals surface area contributed by atoms with E-state index in [4.69, 9.17) is 25.1 Å². The Morgan fingerprint density at radius 3 is 1.33 bits per heavy atom. The van der Waals surface area contributed by atoms with Gasteiger partial charge in [0.15, 0.2) is 11.6 Å². The largest absolute Gasteiger partial charge is 0.392 e. The molecule has 14 nitrogen and oxygen atoms in total. The second kappa shape index (κ2) is 11.1. The zero-order valence-electron chi connectivity index (χ0n) is 17.2. The number of rotatable bonds is 9. The van der Waals surface area contributed by atoms with Gasteiger partial charge in [-0.25, -0.2) is 9.59 Å². The molecule has 0 aromatic carbocycles. The van der Waals surface area contributed by atoms with Crippen molar-refractivity contribution in [2.45, 2.75) is 30.9 Å². The van der Waals surface area contributed by atoms with Crippen molar-refractivity contribution >= 4 is 31.1 Å². The molecule has 0 saturated carbocycles. The Hall–Kier alpha value is -1.61. The van der Waals surface area contributed by atoms with Crippen LogP contribution in [0.25, 0.3) is 0 Å². The van der Waals surface area contributed by atoms with Crippen molar-refractivity contribution in [2.24, 2.45) is 0 Å². The quantitative estimate of drug-likeness (QED) is 0.0747. The van der Waals surface area contributed by atoms with Gasteiger partial charge in [-0.2, -0.15) is 0 Å². The number of aliphatic hydroxyl groups is 5. The summed E-state index contributed by atoms with van der Waals surface area (Å²) in [5.74, 6) is -7.69. The summed E-state index contributed by atoms with van der Waals surface area (Å²) in [6.45, 7) is -1.15. The van der Waals surface area contributed by atoms with Crippen LogP contribution in [0.4, 0.5) is 0 Å². The molecule has 15 heteroatoms. The summed E-state index contributed by atoms with van der Waals surface area (Å²) in [4.78, 5) is 61.7. The number of ketones is 2. The lowest BCUT2D eigenvalue weighted by Crippen LogP contribution is -2.55. The molecule has 0 radical (unpaired) electrons. The molecular weight excluding hydrogens is 433 g/mol. The van der Waals surface area contributed by atoms with Crippen LogP contribution in [0.15, 0.2) is 0 Å². The molecule has 0 aliphatic rings. The van der Waals surface area contributed by atoms with Crippen molar-refractivity contribution in [3.05, 3.63) is 0 Å². The van der Waals surface area contributed by atoms with E-state index in [9.17, 15) is 34.0 Å². The van der Waals surface area contributed by atoms with Crippen LogP contribution in [0.5, 0.6) is 0 Å². The highest BCUT2D eigenvalue weighted by Crippen LogP contribution is 2.39. The molecule has 0 heterocycles. The first kappa shape index (κ1) is 30.6. The summed E-state index contributed by atoms with van der Waals surface area (Å²) >= 11 is 0. The topological polar surface area (TPSA) is 236 Å². The molecule has 0 aliphatic carbocycles. The fourth-order valence-corrected chi connectivity index (χ4v) is 2.19. The fraction of sp³-hybridized carbons (Fsp3) is 0.733. The molecule has 0 aromatic heterocycles. The molecule has 3 unspecified atom stereocenters. The summed E-state index contributed by atoms with van der Waals surface area (Å²) < 4.78 is 14.7. The number of nitrogens with zero attached hydrogens (tertiary/aromatic N) is 1. The van der Waals surface area contributed by atoms with E-state index in [0.717, 1.165) is 13.8 Å². The number of carbonyl (C=O) groups is 4. The van der Waals surface area contributed by atoms with Gasteiger partial charge in [-0.05, 0) is 13.8 Å². The average Bonchev–Trinajstić information content (AvgIpc) is 2.57. The van der Waals surface area contributed by atoms with E-state index < -0.39 is 61.4 Å². The second-order valence-electron chi connectivity index (χ2n) is 7.37. The van der Waals surface area contributed by atoms with Gasteiger partial charge in [-0.3, -0.25) is 14.2 Å². The van der Waals surface area contributed by atoms with E-state index >= 15 is 0 Å². The predicted molar refractivity (Wildman–Crippen MR) is 97.5 cm³/mol. The number of aliphatic hydroxyl groups excluding tert-OH is 3. The molecule has 0 spiro atoms. The van der Waals surface area contributed by atoms with Crippen LogP contribution >= 0.6 is 7.60 Å². The zero-order chi connectivity index (χ0) is 24.7. The molecule has 0 bridgehead atoms. The van der Waals surface area contributed by atoms with Crippen molar-refractivity contribution in [2.75, 3.05) is 40.9 Å². The van der Waals surface area contributed by atoms with Gasteiger partial charge in [0, 0.05) is 0 Å². The van der Waals surface area contributed by atoms with E-state index in [-0.39, 0.29) is 6.54 Å². The lowest BCUT2D eigenvalue weighted by Gasteiger charge is -2.26. The van der Waals surface area contributed by atoms with Crippen LogP contribution in [-0.4, -0.2) is 121 Å². The normalized spacial score (nSPS) is 16.8. The summed E-state index contributed by atoms with van der Waals surface area (Å²) in [6.07, 6.45) is 0. The number of Topliss-reactive ketones (excluding diaryl/α,β-unsaturated/α-hetero) is 2. The number of hydrogen-bond donors (Lipinski definition) is 7. The molecule has 0 rings (SSSR count). The van der Waals surface area contributed by atoms with Crippen LogP contribution < -0.4 is 0 Å². The monoisotopic (exact) mass is 462 g/mol. The summed E-state index contributed by atoms with van der Waals surface area (Å²) in [5, 5.41) is 45.3. The van der Waals surface area contributed by atoms with Crippen LogP contribution in [-0.2, 0) is 28.5 Å². The first-order valence-corrected chi connectivity index (χ1v) is 9.86. The molecular formula is C15H29NO13P+. The maximum atomic E-state index is 11.4. The Morgan fingerprint density at radius 2 is 1.20 bits per heavy atom. The minimum Gasteiger partial charge on any atom is -0.392 e. The number of ether oxygens (including phenoxy) is 1. The standard InChI is InChI=1S/C10H14O9.C5H14NO4P/c1-5(13)9(17,3-11)7(15)19-8(16)10(18,4-12)6(2)14;1-6(2,3)4-5(7)11(8,9)10/h11-12,17-18H,3-4H2,1-2H3;5,7H,4H2,1-3H3,(H-,8,9,10)/p+1. The minimum atomic E-state index is -4.31. The van der Waals surface area contributed by atoms with Crippen molar-refractivity contribution in [1.29, 1.82) is 0 Å². The maximum absolute atomic E-state index is 11.4. The van der Waals surface area contributed by atoms with Crippen LogP contribution in [0.1, 0.15) is 13.8 Å². The zero-order valence-corrected chi connectivity index (χ0v) is 18.1. The Bertz CT molecular complexity index is 659. The molecule has 3 atom stereocenters. The molecule has 0 fully saturated rings. The molecule has 0 amide bonds. The summed E-state index contributed by atoms with van der Waals surface area (Å²) in [6, 6.07) is 0. The third-order valence-electron chi connectivity index (χ3n) is 3.58. The molecule has 0 saturated heterocycles. The number of quaternary nitrogens is 1. The lowest BCUT2D eigenvalue weighted by atomic mass is 9.99. The van der Waals surface area contributed by atoms with Crippen LogP contribution in [0.2, 0.25) is 0 Å². The summed E-state index contributed by atoms with van der Waals surface area (Å²) in [5.41, 5.74) is -5.97. The number of hydrogen-bond acceptors (Lipinski definition) is 11. The van der Waals surface area contributed by atoms with E-state index in [1.54, 1.807) is 21.1 Å². The number of esters is 2. The molecule has 7 N–H and O–H groups in total. The van der Waals surface area contributed by atoms with Crippen molar-refractivity contribution in [1.82, 2.24) is 0 Å². The first-order valence-electron chi connectivity index (χ1n) is 8.18. The smallest absolute Gasteiger partial charge is 0.359 e. The van der Waals surface area contributed by atoms with Gasteiger partial charge in [-0.15, -0.1) is 0 Å². The highest BCUT2D eigenvalue weighted by atomic mass is 31.2. The predicted octanol–water partition coefficient (Wildman–Crippen LogP) is -4.13. The summed E-state index contributed by atoms with van der Waals surface area (Å²) in [7, 11) is 0.933. The van der Waals surface area contributed by atoms with Crippen molar-refractivity contribution in [3.63, 3.8) is 0 Å². The van der Waals surface area contributed by atoms with Gasteiger partial charge in [0.2, 0.25) is 17.0 Å². The average molecular weight is 462 g/mol. The van der Waals surface area contributed by atoms with Gasteiger partial charge in [0.25, 0.3) is 0 Å². The second-order valence-corrected chi connectivity index (χ2v) is 9.14. The van der Waals surface area contributed by atoms with Gasteiger partial charge in [0.1, 0.15) is 6.54 Å². The number of likely N-dealkylation sites (N-methyl/N-ethyl adjacent to an activating group) is 1. The van der Waals surface area contributed by atoms with Crippen molar-refractivity contribution < 1.29 is 68.3 Å². The van der Waals surface area contributed by atoms with E-state index in [2.05, 4.69) is 4.74 Å². The van der Waals surface area contributed by atoms with E-state index in [1.165, 1.54) is 0 Å². The SMILES string of the molecule is CC(=O)C(O)(CO)C(=O)OC(=O)C(O)(CO)C(C)=O.C[N+](C)(C)CC(O)P(=O)(O)O. The molecule has 176 valence electrons. The minimum absolute atomic E-state index is 0.0459. The van der Waals surface area contributed by atoms with Gasteiger partial charge in [0.05, 0.1) is 34.4 Å². The van der Waals surface area contributed by atoms with E-state index in [1.807, 2.05) is 0 Å². The number of carbonyl (C=O) groups excluding carboxylic acids is 4. The Kier molecular flexibility index (Phi) is 11.4.